The van der Waals surface area contributed by atoms with Gasteiger partial charge in [-0.1, -0.05) is 20.8 Å². The van der Waals surface area contributed by atoms with Crippen LogP contribution in [0.25, 0.3) is 0 Å². The minimum absolute atomic E-state index is 0.0484. The van der Waals surface area contributed by atoms with E-state index >= 15 is 0 Å². The molecule has 0 fully saturated rings. The standard InChI is InChI=1S/C11H22F3NO/c1-10(2,3)9(15)6-4-5-7-16-8-11(12,13)14/h9H,4-8,15H2,1-3H3. The molecule has 0 aliphatic rings. The molecule has 0 bridgehead atoms. The molecule has 1 unspecified atom stereocenters. The maximum Gasteiger partial charge on any atom is 0.411 e. The van der Waals surface area contributed by atoms with Crippen LogP contribution in [0.4, 0.5) is 13.2 Å². The molecule has 0 spiro atoms. The van der Waals surface area contributed by atoms with Crippen LogP contribution in [0.3, 0.4) is 0 Å². The third kappa shape index (κ3) is 8.97. The second-order valence-corrected chi connectivity index (χ2v) is 5.14. The largest absolute Gasteiger partial charge is 0.411 e. The van der Waals surface area contributed by atoms with Gasteiger partial charge in [0.1, 0.15) is 6.61 Å². The van der Waals surface area contributed by atoms with E-state index < -0.39 is 12.8 Å². The van der Waals surface area contributed by atoms with E-state index in [4.69, 9.17) is 5.73 Å². The molecule has 0 aromatic carbocycles. The molecule has 0 aliphatic carbocycles. The summed E-state index contributed by atoms with van der Waals surface area (Å²) in [6, 6.07) is 0.0788. The first kappa shape index (κ1) is 15.7. The molecule has 0 saturated heterocycles. The van der Waals surface area contributed by atoms with Crippen molar-refractivity contribution in [3.63, 3.8) is 0 Å². The molecule has 0 aliphatic heterocycles. The number of unbranched alkanes of at least 4 members (excludes halogenated alkanes) is 1. The second kappa shape index (κ2) is 6.45. The van der Waals surface area contributed by atoms with Crippen LogP contribution in [0.15, 0.2) is 0 Å². The predicted molar refractivity (Wildman–Crippen MR) is 58.2 cm³/mol. The fourth-order valence-corrected chi connectivity index (χ4v) is 1.19. The third-order valence-electron chi connectivity index (χ3n) is 2.43. The van der Waals surface area contributed by atoms with Crippen LogP contribution in [0.1, 0.15) is 40.0 Å². The maximum atomic E-state index is 11.7. The average molecular weight is 241 g/mol. The summed E-state index contributed by atoms with van der Waals surface area (Å²) in [7, 11) is 0. The molecule has 16 heavy (non-hydrogen) atoms. The number of halogens is 3. The number of hydrogen-bond acceptors (Lipinski definition) is 2. The van der Waals surface area contributed by atoms with Crippen LogP contribution in [0, 0.1) is 5.41 Å². The van der Waals surface area contributed by atoms with Gasteiger partial charge in [0.25, 0.3) is 0 Å². The van der Waals surface area contributed by atoms with Gasteiger partial charge in [0.15, 0.2) is 0 Å². The quantitative estimate of drug-likeness (QED) is 0.725. The van der Waals surface area contributed by atoms with Gasteiger partial charge in [0.05, 0.1) is 0 Å². The Bertz CT molecular complexity index is 187. The van der Waals surface area contributed by atoms with Crippen molar-refractivity contribution < 1.29 is 17.9 Å². The van der Waals surface area contributed by atoms with Crippen molar-refractivity contribution in [2.75, 3.05) is 13.2 Å². The van der Waals surface area contributed by atoms with E-state index in [0.717, 1.165) is 12.8 Å². The monoisotopic (exact) mass is 241 g/mol. The van der Waals surface area contributed by atoms with Crippen LogP contribution in [0.5, 0.6) is 0 Å². The summed E-state index contributed by atoms with van der Waals surface area (Å²) in [6.45, 7) is 5.15. The summed E-state index contributed by atoms with van der Waals surface area (Å²) in [5.74, 6) is 0. The maximum absolute atomic E-state index is 11.7. The lowest BCUT2D eigenvalue weighted by molar-refractivity contribution is -0.174. The summed E-state index contributed by atoms with van der Waals surface area (Å²) >= 11 is 0. The summed E-state index contributed by atoms with van der Waals surface area (Å²) < 4.78 is 39.6. The fourth-order valence-electron chi connectivity index (χ4n) is 1.19. The molecule has 0 amide bonds. The lowest BCUT2D eigenvalue weighted by Gasteiger charge is -2.26. The van der Waals surface area contributed by atoms with Gasteiger partial charge >= 0.3 is 6.18 Å². The molecule has 0 rings (SSSR count). The molecule has 5 heteroatoms. The zero-order valence-electron chi connectivity index (χ0n) is 10.2. The highest BCUT2D eigenvalue weighted by molar-refractivity contribution is 4.76. The smallest absolute Gasteiger partial charge is 0.372 e. The van der Waals surface area contributed by atoms with Gasteiger partial charge in [-0.15, -0.1) is 0 Å². The number of ether oxygens (including phenoxy) is 1. The molecule has 1 atom stereocenters. The van der Waals surface area contributed by atoms with E-state index in [-0.39, 0.29) is 18.1 Å². The molecule has 0 heterocycles. The topological polar surface area (TPSA) is 35.2 Å². The van der Waals surface area contributed by atoms with Crippen LogP contribution in [0.2, 0.25) is 0 Å². The Morgan fingerprint density at radius 2 is 1.69 bits per heavy atom. The zero-order chi connectivity index (χ0) is 12.8. The lowest BCUT2D eigenvalue weighted by atomic mass is 9.84. The first-order chi connectivity index (χ1) is 7.13. The first-order valence-electron chi connectivity index (χ1n) is 5.53. The number of nitrogens with two attached hydrogens (primary N) is 1. The second-order valence-electron chi connectivity index (χ2n) is 5.14. The van der Waals surface area contributed by atoms with Crippen molar-refractivity contribution in [2.24, 2.45) is 11.1 Å². The minimum Gasteiger partial charge on any atom is -0.372 e. The lowest BCUT2D eigenvalue weighted by Crippen LogP contribution is -2.34. The van der Waals surface area contributed by atoms with Crippen molar-refractivity contribution in [3.05, 3.63) is 0 Å². The Balaban J connectivity index is 3.41. The van der Waals surface area contributed by atoms with Crippen LogP contribution >= 0.6 is 0 Å². The molecular formula is C11H22F3NO. The van der Waals surface area contributed by atoms with Crippen LogP contribution in [-0.4, -0.2) is 25.4 Å². The zero-order valence-corrected chi connectivity index (χ0v) is 10.2. The van der Waals surface area contributed by atoms with Gasteiger partial charge in [-0.25, -0.2) is 0 Å². The van der Waals surface area contributed by atoms with E-state index in [1.54, 1.807) is 0 Å². The van der Waals surface area contributed by atoms with Crippen molar-refractivity contribution in [1.29, 1.82) is 0 Å². The summed E-state index contributed by atoms with van der Waals surface area (Å²) in [5, 5.41) is 0. The number of rotatable bonds is 6. The Morgan fingerprint density at radius 1 is 1.12 bits per heavy atom. The fraction of sp³-hybridized carbons (Fsp3) is 1.00. The van der Waals surface area contributed by atoms with Crippen molar-refractivity contribution in [3.8, 4) is 0 Å². The summed E-state index contributed by atoms with van der Waals surface area (Å²) in [5.41, 5.74) is 5.96. The van der Waals surface area contributed by atoms with Gasteiger partial charge in [0.2, 0.25) is 0 Å². The van der Waals surface area contributed by atoms with Crippen LogP contribution in [-0.2, 0) is 4.74 Å². The van der Waals surface area contributed by atoms with E-state index in [0.29, 0.717) is 6.42 Å². The van der Waals surface area contributed by atoms with Crippen molar-refractivity contribution >= 4 is 0 Å². The Morgan fingerprint density at radius 3 is 2.12 bits per heavy atom. The van der Waals surface area contributed by atoms with Gasteiger partial charge in [0, 0.05) is 12.6 Å². The molecule has 0 aromatic rings. The average Bonchev–Trinajstić information content (AvgIpc) is 2.07. The summed E-state index contributed by atoms with van der Waals surface area (Å²) in [6.07, 6.45) is -1.98. The van der Waals surface area contributed by atoms with Crippen LogP contribution < -0.4 is 5.73 Å². The van der Waals surface area contributed by atoms with E-state index in [1.807, 2.05) is 0 Å². The molecular weight excluding hydrogens is 219 g/mol. The Labute approximate surface area is 95.3 Å². The number of alkyl halides is 3. The molecule has 0 radical (unpaired) electrons. The van der Waals surface area contributed by atoms with Gasteiger partial charge in [-0.05, 0) is 24.7 Å². The van der Waals surface area contributed by atoms with E-state index in [2.05, 4.69) is 25.5 Å². The molecule has 0 saturated carbocycles. The Hall–Kier alpha value is -0.290. The van der Waals surface area contributed by atoms with Crippen molar-refractivity contribution in [1.82, 2.24) is 0 Å². The van der Waals surface area contributed by atoms with Gasteiger partial charge in [-0.2, -0.15) is 13.2 Å². The molecule has 2 N–H and O–H groups in total. The van der Waals surface area contributed by atoms with Gasteiger partial charge < -0.3 is 10.5 Å². The predicted octanol–water partition coefficient (Wildman–Crippen LogP) is 3.11. The van der Waals surface area contributed by atoms with E-state index in [9.17, 15) is 13.2 Å². The molecule has 0 aromatic heterocycles. The van der Waals surface area contributed by atoms with Crippen molar-refractivity contribution in [2.45, 2.75) is 52.3 Å². The highest BCUT2D eigenvalue weighted by Gasteiger charge is 2.27. The highest BCUT2D eigenvalue weighted by atomic mass is 19.4. The third-order valence-corrected chi connectivity index (χ3v) is 2.43. The van der Waals surface area contributed by atoms with E-state index in [1.165, 1.54) is 0 Å². The van der Waals surface area contributed by atoms with Gasteiger partial charge in [-0.3, -0.25) is 0 Å². The molecule has 98 valence electrons. The highest BCUT2D eigenvalue weighted by Crippen LogP contribution is 2.21. The number of hydrogen-bond donors (Lipinski definition) is 1. The SMILES string of the molecule is CC(C)(C)C(N)CCCCOCC(F)(F)F. The minimum atomic E-state index is -4.22. The normalized spacial score (nSPS) is 15.2. The molecule has 2 nitrogen and oxygen atoms in total. The first-order valence-corrected chi connectivity index (χ1v) is 5.53. The summed E-state index contributed by atoms with van der Waals surface area (Å²) in [4.78, 5) is 0. The Kier molecular flexibility index (Phi) is 6.33.